The molecule has 0 aromatic carbocycles. The summed E-state index contributed by atoms with van der Waals surface area (Å²) in [6.07, 6.45) is 72.8. The zero-order chi connectivity index (χ0) is 51.0. The van der Waals surface area contributed by atoms with E-state index in [-0.39, 0.29) is 36.3 Å². The van der Waals surface area contributed by atoms with Crippen molar-refractivity contribution in [2.45, 2.75) is 387 Å². The third-order valence-electron chi connectivity index (χ3n) is 14.2. The molecule has 0 spiro atoms. The molecule has 0 aliphatic rings. The third-order valence-corrected chi connectivity index (χ3v) is 14.2. The number of hydrogen-bond acceptors (Lipinski definition) is 6. The number of carboxylic acid groups (broad SMARTS) is 3. The van der Waals surface area contributed by atoms with Crippen LogP contribution in [0.25, 0.3) is 0 Å². The molecule has 0 N–H and O–H groups in total. The van der Waals surface area contributed by atoms with E-state index < -0.39 is 17.9 Å². The molecule has 0 atom stereocenters. The SMILES string of the molecule is CCCCCCCCCCCCCCCCCCCCC(=O)[O-].CCCCCCCCCCCCCCCCCCCCC(=O)[O-].CCCCCCCCCCCCCCCCCCCCC(=O)[O-].[Fe+3]. The Kier molecular flexibility index (Phi) is 77.8. The van der Waals surface area contributed by atoms with Gasteiger partial charge in [-0.05, 0) is 38.5 Å². The minimum absolute atomic E-state index is 0. The fourth-order valence-corrected chi connectivity index (χ4v) is 9.51. The van der Waals surface area contributed by atoms with E-state index in [0.29, 0.717) is 0 Å². The van der Waals surface area contributed by atoms with Crippen molar-refractivity contribution in [1.29, 1.82) is 0 Å². The Morgan fingerprint density at radius 1 is 0.186 bits per heavy atom. The van der Waals surface area contributed by atoms with Gasteiger partial charge in [0.05, 0.1) is 0 Å². The van der Waals surface area contributed by atoms with Crippen molar-refractivity contribution in [2.24, 2.45) is 0 Å². The molecule has 0 aliphatic carbocycles. The predicted molar refractivity (Wildman–Crippen MR) is 295 cm³/mol. The first kappa shape index (κ1) is 75.4. The summed E-state index contributed by atoms with van der Waals surface area (Å²) in [7, 11) is 0. The number of unbranched alkanes of at least 4 members (excludes halogenated alkanes) is 51. The molecule has 7 heteroatoms. The van der Waals surface area contributed by atoms with Crippen molar-refractivity contribution < 1.29 is 46.8 Å². The first-order valence-corrected chi connectivity index (χ1v) is 31.4. The summed E-state index contributed by atoms with van der Waals surface area (Å²) in [5, 5.41) is 30.8. The van der Waals surface area contributed by atoms with Crippen LogP contribution >= 0.6 is 0 Å². The van der Waals surface area contributed by atoms with Gasteiger partial charge in [-0.25, -0.2) is 0 Å². The van der Waals surface area contributed by atoms with Crippen LogP contribution in [0.5, 0.6) is 0 Å². The number of carboxylic acids is 3. The average molecular weight is 1030 g/mol. The van der Waals surface area contributed by atoms with E-state index in [1.807, 2.05) is 0 Å². The molecule has 0 unspecified atom stereocenters. The molecule has 0 heterocycles. The Labute approximate surface area is 449 Å². The van der Waals surface area contributed by atoms with Gasteiger partial charge in [-0.3, -0.25) is 0 Å². The quantitative estimate of drug-likeness (QED) is 0.0442. The van der Waals surface area contributed by atoms with E-state index in [2.05, 4.69) is 20.8 Å². The van der Waals surface area contributed by atoms with Crippen LogP contribution in [0.2, 0.25) is 0 Å². The summed E-state index contributed by atoms with van der Waals surface area (Å²) < 4.78 is 0. The molecule has 6 nitrogen and oxygen atoms in total. The maximum absolute atomic E-state index is 10.3. The second-order valence-corrected chi connectivity index (χ2v) is 21.4. The van der Waals surface area contributed by atoms with Crippen LogP contribution in [-0.4, -0.2) is 17.9 Å². The van der Waals surface area contributed by atoms with Crippen LogP contribution in [0.1, 0.15) is 387 Å². The minimum Gasteiger partial charge on any atom is -0.550 e. The fraction of sp³-hybridized carbons (Fsp3) is 0.952. The van der Waals surface area contributed by atoms with Gasteiger partial charge in [-0.2, -0.15) is 0 Å². The Morgan fingerprint density at radius 2 is 0.271 bits per heavy atom. The maximum Gasteiger partial charge on any atom is 3.00 e. The van der Waals surface area contributed by atoms with Crippen LogP contribution in [0.15, 0.2) is 0 Å². The van der Waals surface area contributed by atoms with E-state index >= 15 is 0 Å². The largest absolute Gasteiger partial charge is 3.00 e. The number of aliphatic carboxylic acids is 3. The minimum atomic E-state index is -0.901. The van der Waals surface area contributed by atoms with Crippen molar-refractivity contribution in [3.63, 3.8) is 0 Å². The molecule has 0 saturated carbocycles. The normalized spacial score (nSPS) is 10.8. The molecule has 0 amide bonds. The van der Waals surface area contributed by atoms with Crippen molar-refractivity contribution in [2.75, 3.05) is 0 Å². The molecule has 0 bridgehead atoms. The zero-order valence-corrected chi connectivity index (χ0v) is 48.7. The van der Waals surface area contributed by atoms with Gasteiger partial charge in [0.2, 0.25) is 0 Å². The van der Waals surface area contributed by atoms with Gasteiger partial charge >= 0.3 is 17.1 Å². The molecule has 0 fully saturated rings. The molecule has 0 aromatic heterocycles. The Morgan fingerprint density at radius 3 is 0.357 bits per heavy atom. The summed E-state index contributed by atoms with van der Waals surface area (Å²) in [5.41, 5.74) is 0. The fourth-order valence-electron chi connectivity index (χ4n) is 9.51. The van der Waals surface area contributed by atoms with Crippen molar-refractivity contribution >= 4 is 17.9 Å². The molecule has 0 rings (SSSR count). The van der Waals surface area contributed by atoms with Crippen LogP contribution < -0.4 is 15.3 Å². The van der Waals surface area contributed by atoms with Crippen molar-refractivity contribution in [3.8, 4) is 0 Å². The van der Waals surface area contributed by atoms with E-state index in [9.17, 15) is 29.7 Å². The molecule has 419 valence electrons. The van der Waals surface area contributed by atoms with Crippen LogP contribution in [0.3, 0.4) is 0 Å². The summed E-state index contributed by atoms with van der Waals surface area (Å²) in [5.74, 6) is -2.70. The van der Waals surface area contributed by atoms with Crippen molar-refractivity contribution in [1.82, 2.24) is 0 Å². The van der Waals surface area contributed by atoms with Gasteiger partial charge in [-0.1, -0.05) is 348 Å². The molecule has 1 radical (unpaired) electrons. The average Bonchev–Trinajstić information content (AvgIpc) is 3.33. The number of rotatable bonds is 57. The van der Waals surface area contributed by atoms with Gasteiger partial charge in [-0.15, -0.1) is 0 Å². The summed E-state index contributed by atoms with van der Waals surface area (Å²) >= 11 is 0. The molecule has 0 aliphatic heterocycles. The number of hydrogen-bond donors (Lipinski definition) is 0. The molecular formula is C63H123FeO6. The van der Waals surface area contributed by atoms with Crippen molar-refractivity contribution in [3.05, 3.63) is 0 Å². The van der Waals surface area contributed by atoms with Gasteiger partial charge in [0.15, 0.2) is 0 Å². The smallest absolute Gasteiger partial charge is 0.550 e. The second-order valence-electron chi connectivity index (χ2n) is 21.4. The standard InChI is InChI=1S/3C21H42O2.Fe/c3*1-2-3-4-5-6-7-8-9-10-11-12-13-14-15-16-17-18-19-20-21(22)23;/h3*2-20H2,1H3,(H,22,23);/q;;;+3/p-3. The van der Waals surface area contributed by atoms with E-state index in [0.717, 1.165) is 38.5 Å². The first-order chi connectivity index (χ1) is 33.8. The van der Waals surface area contributed by atoms with Crippen LogP contribution in [-0.2, 0) is 31.5 Å². The monoisotopic (exact) mass is 1030 g/mol. The Bertz CT molecular complexity index is 840. The predicted octanol–water partition coefficient (Wildman–Crippen LogP) is 18.5. The molecule has 70 heavy (non-hydrogen) atoms. The molecule has 0 aromatic rings. The van der Waals surface area contributed by atoms with Crippen LogP contribution in [0, 0.1) is 0 Å². The topological polar surface area (TPSA) is 120 Å². The Hall–Kier alpha value is -1.07. The van der Waals surface area contributed by atoms with E-state index in [1.54, 1.807) is 0 Å². The molecule has 0 saturated heterocycles. The summed E-state index contributed by atoms with van der Waals surface area (Å²) in [6.45, 7) is 6.83. The van der Waals surface area contributed by atoms with Gasteiger partial charge < -0.3 is 29.7 Å². The van der Waals surface area contributed by atoms with Crippen LogP contribution in [0.4, 0.5) is 0 Å². The number of carbonyl (C=O) groups is 3. The van der Waals surface area contributed by atoms with Gasteiger partial charge in [0.1, 0.15) is 0 Å². The summed E-state index contributed by atoms with van der Waals surface area (Å²) in [6, 6.07) is 0. The third kappa shape index (κ3) is 83.8. The zero-order valence-electron chi connectivity index (χ0n) is 47.6. The van der Waals surface area contributed by atoms with Gasteiger partial charge in [0, 0.05) is 17.9 Å². The maximum atomic E-state index is 10.3. The van der Waals surface area contributed by atoms with Gasteiger partial charge in [0.25, 0.3) is 0 Å². The van der Waals surface area contributed by atoms with E-state index in [1.165, 1.54) is 308 Å². The number of carbonyl (C=O) groups excluding carboxylic acids is 3. The second kappa shape index (κ2) is 72.2. The molecular weight excluding hydrogens is 909 g/mol. The van der Waals surface area contributed by atoms with E-state index in [4.69, 9.17) is 0 Å². The first-order valence-electron chi connectivity index (χ1n) is 31.4. The Balaban J connectivity index is -0.000000463. The summed E-state index contributed by atoms with van der Waals surface area (Å²) in [4.78, 5) is 30.8.